The third-order valence-electron chi connectivity index (χ3n) is 5.69. The lowest BCUT2D eigenvalue weighted by Gasteiger charge is -2.27. The van der Waals surface area contributed by atoms with E-state index in [9.17, 15) is 9.90 Å². The molecule has 0 spiro atoms. The average Bonchev–Trinajstić information content (AvgIpc) is 3.07. The summed E-state index contributed by atoms with van der Waals surface area (Å²) in [6, 6.07) is 17.7. The highest BCUT2D eigenvalue weighted by molar-refractivity contribution is 6.17. The number of ether oxygens (including phenoxy) is 1. The number of fused-ring (bicyclic) bond motifs is 1. The quantitative estimate of drug-likeness (QED) is 0.376. The molecule has 1 aliphatic rings. The molecule has 0 aromatic heterocycles. The summed E-state index contributed by atoms with van der Waals surface area (Å²) < 4.78 is 5.55. The molecule has 1 N–H and O–H groups in total. The SMILES string of the molecule is CC(C)(C)c1cc(/C=C2\N=C(c3cccc4ccccc34)OC2=O)cc(C(C)(C)C)c1O. The van der Waals surface area contributed by atoms with Crippen molar-refractivity contribution < 1.29 is 14.6 Å². The highest BCUT2D eigenvalue weighted by atomic mass is 16.6. The number of esters is 1. The number of hydrogen-bond acceptors (Lipinski definition) is 4. The molecule has 0 atom stereocenters. The van der Waals surface area contributed by atoms with E-state index in [0.717, 1.165) is 33.0 Å². The van der Waals surface area contributed by atoms with Crippen LogP contribution in [-0.2, 0) is 20.4 Å². The molecule has 0 fully saturated rings. The summed E-state index contributed by atoms with van der Waals surface area (Å²) in [4.78, 5) is 17.2. The fraction of sp³-hybridized carbons (Fsp3) is 0.286. The van der Waals surface area contributed by atoms with Crippen LogP contribution in [0.3, 0.4) is 0 Å². The molecule has 0 amide bonds. The summed E-state index contributed by atoms with van der Waals surface area (Å²) in [6.45, 7) is 12.4. The Bertz CT molecular complexity index is 1240. The van der Waals surface area contributed by atoms with E-state index in [1.807, 2.05) is 54.6 Å². The van der Waals surface area contributed by atoms with E-state index in [1.165, 1.54) is 0 Å². The highest BCUT2D eigenvalue weighted by Crippen LogP contribution is 2.40. The molecule has 3 aromatic rings. The fourth-order valence-corrected chi connectivity index (χ4v) is 3.98. The molecule has 4 rings (SSSR count). The van der Waals surface area contributed by atoms with Crippen molar-refractivity contribution in [3.63, 3.8) is 0 Å². The number of carbonyl (C=O) groups excluding carboxylic acids is 1. The summed E-state index contributed by atoms with van der Waals surface area (Å²) >= 11 is 0. The number of phenolic OH excluding ortho intramolecular Hbond substituents is 1. The molecule has 4 heteroatoms. The number of benzene rings is 3. The standard InChI is InChI=1S/C28H29NO3/c1-27(2,3)21-14-17(15-22(24(21)30)28(4,5)6)16-23-26(31)32-25(29-23)20-13-9-11-18-10-7-8-12-19(18)20/h7-16,30H,1-6H3/b23-16-. The van der Waals surface area contributed by atoms with Crippen LogP contribution in [-0.4, -0.2) is 17.0 Å². The van der Waals surface area contributed by atoms with Gasteiger partial charge in [0, 0.05) is 16.7 Å². The molecule has 4 nitrogen and oxygen atoms in total. The lowest BCUT2D eigenvalue weighted by atomic mass is 9.78. The topological polar surface area (TPSA) is 58.9 Å². The predicted molar refractivity (Wildman–Crippen MR) is 130 cm³/mol. The highest BCUT2D eigenvalue weighted by Gasteiger charge is 2.28. The minimum absolute atomic E-state index is 0.248. The van der Waals surface area contributed by atoms with Crippen LogP contribution in [0.1, 0.15) is 63.8 Å². The van der Waals surface area contributed by atoms with Gasteiger partial charge in [0.2, 0.25) is 5.90 Å². The summed E-state index contributed by atoms with van der Waals surface area (Å²) in [5.74, 6) is 0.139. The van der Waals surface area contributed by atoms with Crippen molar-refractivity contribution in [3.8, 4) is 5.75 Å². The minimum atomic E-state index is -0.476. The third kappa shape index (κ3) is 4.05. The molecule has 0 aliphatic carbocycles. The Hall–Kier alpha value is -3.40. The number of aromatic hydroxyl groups is 1. The van der Waals surface area contributed by atoms with E-state index in [-0.39, 0.29) is 16.5 Å². The van der Waals surface area contributed by atoms with E-state index in [2.05, 4.69) is 46.5 Å². The first-order chi connectivity index (χ1) is 14.9. The van der Waals surface area contributed by atoms with Crippen LogP contribution in [0.2, 0.25) is 0 Å². The van der Waals surface area contributed by atoms with Crippen LogP contribution in [0.4, 0.5) is 0 Å². The first kappa shape index (κ1) is 21.8. The van der Waals surface area contributed by atoms with Gasteiger partial charge in [0.25, 0.3) is 0 Å². The van der Waals surface area contributed by atoms with Gasteiger partial charge in [0.05, 0.1) is 0 Å². The van der Waals surface area contributed by atoms with Crippen molar-refractivity contribution in [2.45, 2.75) is 52.4 Å². The number of carbonyl (C=O) groups is 1. The van der Waals surface area contributed by atoms with Crippen molar-refractivity contribution in [1.82, 2.24) is 0 Å². The summed E-state index contributed by atoms with van der Waals surface area (Å²) in [5.41, 5.74) is 3.00. The lowest BCUT2D eigenvalue weighted by Crippen LogP contribution is -2.17. The molecule has 32 heavy (non-hydrogen) atoms. The van der Waals surface area contributed by atoms with E-state index in [1.54, 1.807) is 6.08 Å². The van der Waals surface area contributed by atoms with Crippen LogP contribution in [0.15, 0.2) is 65.3 Å². The molecular formula is C28H29NO3. The molecule has 0 bridgehead atoms. The Morgan fingerprint density at radius 2 is 1.47 bits per heavy atom. The monoisotopic (exact) mass is 427 g/mol. The largest absolute Gasteiger partial charge is 0.507 e. The lowest BCUT2D eigenvalue weighted by molar-refractivity contribution is -0.129. The maximum absolute atomic E-state index is 12.7. The van der Waals surface area contributed by atoms with E-state index < -0.39 is 5.97 Å². The van der Waals surface area contributed by atoms with Crippen LogP contribution in [0.25, 0.3) is 16.8 Å². The molecule has 0 saturated heterocycles. The maximum Gasteiger partial charge on any atom is 0.363 e. The second kappa shape index (κ2) is 7.63. The van der Waals surface area contributed by atoms with Gasteiger partial charge in [-0.25, -0.2) is 9.79 Å². The van der Waals surface area contributed by atoms with Crippen LogP contribution < -0.4 is 0 Å². The molecule has 0 radical (unpaired) electrons. The zero-order chi connectivity index (χ0) is 23.3. The molecule has 1 heterocycles. The van der Waals surface area contributed by atoms with Crippen molar-refractivity contribution in [2.75, 3.05) is 0 Å². The van der Waals surface area contributed by atoms with Gasteiger partial charge in [0.15, 0.2) is 5.70 Å². The van der Waals surface area contributed by atoms with Gasteiger partial charge < -0.3 is 9.84 Å². The minimum Gasteiger partial charge on any atom is -0.507 e. The van der Waals surface area contributed by atoms with Crippen molar-refractivity contribution in [2.24, 2.45) is 4.99 Å². The van der Waals surface area contributed by atoms with Gasteiger partial charge in [-0.05, 0) is 51.4 Å². The number of cyclic esters (lactones) is 1. The smallest absolute Gasteiger partial charge is 0.363 e. The van der Waals surface area contributed by atoms with Gasteiger partial charge in [-0.15, -0.1) is 0 Å². The Labute approximate surface area is 189 Å². The summed E-state index contributed by atoms with van der Waals surface area (Å²) in [7, 11) is 0. The van der Waals surface area contributed by atoms with E-state index in [4.69, 9.17) is 4.74 Å². The van der Waals surface area contributed by atoms with Gasteiger partial charge >= 0.3 is 5.97 Å². The van der Waals surface area contributed by atoms with Gasteiger partial charge in [0.1, 0.15) is 5.75 Å². The number of nitrogens with zero attached hydrogens (tertiary/aromatic N) is 1. The first-order valence-electron chi connectivity index (χ1n) is 10.8. The third-order valence-corrected chi connectivity index (χ3v) is 5.69. The van der Waals surface area contributed by atoms with Crippen LogP contribution in [0, 0.1) is 0 Å². The molecule has 1 aliphatic heterocycles. The van der Waals surface area contributed by atoms with E-state index in [0.29, 0.717) is 11.6 Å². The Morgan fingerprint density at radius 3 is 2.09 bits per heavy atom. The zero-order valence-corrected chi connectivity index (χ0v) is 19.5. The molecule has 3 aromatic carbocycles. The fourth-order valence-electron chi connectivity index (χ4n) is 3.98. The van der Waals surface area contributed by atoms with Crippen LogP contribution in [0.5, 0.6) is 5.75 Å². The van der Waals surface area contributed by atoms with Gasteiger partial charge in [-0.3, -0.25) is 0 Å². The van der Waals surface area contributed by atoms with Crippen molar-refractivity contribution in [3.05, 3.63) is 82.5 Å². The Morgan fingerprint density at radius 1 is 0.875 bits per heavy atom. The second-order valence-corrected chi connectivity index (χ2v) is 10.3. The molecular weight excluding hydrogens is 398 g/mol. The second-order valence-electron chi connectivity index (χ2n) is 10.3. The first-order valence-corrected chi connectivity index (χ1v) is 10.8. The maximum atomic E-state index is 12.7. The predicted octanol–water partition coefficient (Wildman–Crippen LogP) is 6.48. The van der Waals surface area contributed by atoms with Gasteiger partial charge in [-0.2, -0.15) is 0 Å². The number of phenols is 1. The Kier molecular flexibility index (Phi) is 5.20. The normalized spacial score (nSPS) is 15.9. The average molecular weight is 428 g/mol. The van der Waals surface area contributed by atoms with Crippen molar-refractivity contribution in [1.29, 1.82) is 0 Å². The summed E-state index contributed by atoms with van der Waals surface area (Å²) in [5, 5.41) is 13.0. The summed E-state index contributed by atoms with van der Waals surface area (Å²) in [6.07, 6.45) is 1.74. The number of aliphatic imine (C=N–C) groups is 1. The number of hydrogen-bond donors (Lipinski definition) is 1. The zero-order valence-electron chi connectivity index (χ0n) is 19.5. The molecule has 0 unspecified atom stereocenters. The molecule has 164 valence electrons. The van der Waals surface area contributed by atoms with Gasteiger partial charge in [-0.1, -0.05) is 77.9 Å². The Balaban J connectivity index is 1.83. The molecule has 0 saturated carbocycles. The van der Waals surface area contributed by atoms with Crippen molar-refractivity contribution >= 4 is 28.7 Å². The van der Waals surface area contributed by atoms with Crippen LogP contribution >= 0.6 is 0 Å². The number of rotatable bonds is 2. The van der Waals surface area contributed by atoms with E-state index >= 15 is 0 Å².